The lowest BCUT2D eigenvalue weighted by atomic mass is 10.1. The monoisotopic (exact) mass is 299 g/mol. The van der Waals surface area contributed by atoms with E-state index >= 15 is 0 Å². The molecule has 0 aliphatic rings. The lowest BCUT2D eigenvalue weighted by molar-refractivity contribution is -0.142. The Morgan fingerprint density at radius 2 is 2.05 bits per heavy atom. The highest BCUT2D eigenvalue weighted by Crippen LogP contribution is 2.29. The molecular formula is C11H10ClF4NO2. The van der Waals surface area contributed by atoms with Crippen LogP contribution in [0.4, 0.5) is 23.2 Å². The summed E-state index contributed by atoms with van der Waals surface area (Å²) in [4.78, 5) is 10.7. The van der Waals surface area contributed by atoms with Crippen LogP contribution in [0.5, 0.6) is 0 Å². The normalized spacial score (nSPS) is 13.2. The Morgan fingerprint density at radius 1 is 1.47 bits per heavy atom. The average molecular weight is 300 g/mol. The summed E-state index contributed by atoms with van der Waals surface area (Å²) < 4.78 is 51.0. The lowest BCUT2D eigenvalue weighted by Crippen LogP contribution is -2.35. The van der Waals surface area contributed by atoms with Crippen molar-refractivity contribution in [2.45, 2.75) is 25.6 Å². The molecule has 0 saturated carbocycles. The molecule has 1 aromatic rings. The van der Waals surface area contributed by atoms with E-state index < -0.39 is 34.6 Å². The third-order valence-electron chi connectivity index (χ3n) is 2.40. The molecule has 0 spiro atoms. The maximum atomic E-state index is 13.4. The van der Waals surface area contributed by atoms with Gasteiger partial charge in [-0.05, 0) is 18.6 Å². The van der Waals surface area contributed by atoms with Crippen LogP contribution in [0.15, 0.2) is 12.1 Å². The van der Waals surface area contributed by atoms with Crippen molar-refractivity contribution in [3.8, 4) is 0 Å². The SMILES string of the molecule is CCC(Nc1cc(F)c(C(=O)O)c(Cl)c1)C(F)(F)F. The highest BCUT2D eigenvalue weighted by atomic mass is 35.5. The Bertz CT molecular complexity index is 467. The molecule has 2 N–H and O–H groups in total. The molecule has 0 fully saturated rings. The largest absolute Gasteiger partial charge is 0.478 e. The van der Waals surface area contributed by atoms with Gasteiger partial charge in [0.05, 0.1) is 5.02 Å². The summed E-state index contributed by atoms with van der Waals surface area (Å²) in [5.41, 5.74) is -0.996. The summed E-state index contributed by atoms with van der Waals surface area (Å²) in [5, 5.41) is 10.3. The molecule has 0 bridgehead atoms. The molecule has 0 aliphatic carbocycles. The number of benzene rings is 1. The molecule has 0 aliphatic heterocycles. The van der Waals surface area contributed by atoms with Gasteiger partial charge in [0.25, 0.3) is 0 Å². The van der Waals surface area contributed by atoms with Gasteiger partial charge in [-0.1, -0.05) is 18.5 Å². The number of carboxylic acid groups (broad SMARTS) is 1. The number of alkyl halides is 3. The molecule has 0 radical (unpaired) electrons. The molecule has 8 heteroatoms. The molecule has 0 aromatic heterocycles. The summed E-state index contributed by atoms with van der Waals surface area (Å²) in [7, 11) is 0. The van der Waals surface area contributed by atoms with Crippen LogP contribution in [0.3, 0.4) is 0 Å². The molecule has 0 heterocycles. The quantitative estimate of drug-likeness (QED) is 0.828. The molecule has 19 heavy (non-hydrogen) atoms. The van der Waals surface area contributed by atoms with E-state index in [1.54, 1.807) is 0 Å². The van der Waals surface area contributed by atoms with Gasteiger partial charge < -0.3 is 10.4 Å². The van der Waals surface area contributed by atoms with Gasteiger partial charge >= 0.3 is 12.1 Å². The van der Waals surface area contributed by atoms with Crippen LogP contribution in [0.25, 0.3) is 0 Å². The van der Waals surface area contributed by atoms with Crippen molar-refractivity contribution in [2.75, 3.05) is 5.32 Å². The fourth-order valence-electron chi connectivity index (χ4n) is 1.48. The summed E-state index contributed by atoms with van der Waals surface area (Å²) in [5.74, 6) is -2.78. The smallest absolute Gasteiger partial charge is 0.408 e. The van der Waals surface area contributed by atoms with Gasteiger partial charge in [-0.25, -0.2) is 9.18 Å². The van der Waals surface area contributed by atoms with Crippen molar-refractivity contribution in [1.29, 1.82) is 0 Å². The second-order valence-electron chi connectivity index (χ2n) is 3.77. The minimum Gasteiger partial charge on any atom is -0.478 e. The fraction of sp³-hybridized carbons (Fsp3) is 0.364. The molecule has 0 amide bonds. The predicted octanol–water partition coefficient (Wildman–Crippen LogP) is 3.93. The number of hydrogen-bond donors (Lipinski definition) is 2. The third kappa shape index (κ3) is 3.73. The minimum atomic E-state index is -4.50. The van der Waals surface area contributed by atoms with Crippen molar-refractivity contribution in [3.63, 3.8) is 0 Å². The van der Waals surface area contributed by atoms with Crippen LogP contribution in [-0.4, -0.2) is 23.3 Å². The van der Waals surface area contributed by atoms with Crippen LogP contribution in [0, 0.1) is 5.82 Å². The fourth-order valence-corrected chi connectivity index (χ4v) is 1.77. The lowest BCUT2D eigenvalue weighted by Gasteiger charge is -2.21. The van der Waals surface area contributed by atoms with Gasteiger partial charge in [0.1, 0.15) is 17.4 Å². The zero-order valence-electron chi connectivity index (χ0n) is 9.68. The van der Waals surface area contributed by atoms with Crippen molar-refractivity contribution in [2.24, 2.45) is 0 Å². The van der Waals surface area contributed by atoms with E-state index in [0.29, 0.717) is 6.07 Å². The molecule has 1 unspecified atom stereocenters. The van der Waals surface area contributed by atoms with Crippen LogP contribution in [-0.2, 0) is 0 Å². The average Bonchev–Trinajstić information content (AvgIpc) is 2.22. The number of rotatable bonds is 4. The van der Waals surface area contributed by atoms with E-state index in [4.69, 9.17) is 16.7 Å². The highest BCUT2D eigenvalue weighted by Gasteiger charge is 2.38. The van der Waals surface area contributed by atoms with Crippen LogP contribution >= 0.6 is 11.6 Å². The molecule has 1 aromatic carbocycles. The Balaban J connectivity index is 3.08. The molecule has 1 rings (SSSR count). The maximum Gasteiger partial charge on any atom is 0.408 e. The Labute approximate surface area is 111 Å². The van der Waals surface area contributed by atoms with E-state index in [2.05, 4.69) is 5.32 Å². The van der Waals surface area contributed by atoms with Crippen molar-refractivity contribution < 1.29 is 27.5 Å². The Morgan fingerprint density at radius 3 is 2.42 bits per heavy atom. The van der Waals surface area contributed by atoms with Crippen LogP contribution < -0.4 is 5.32 Å². The van der Waals surface area contributed by atoms with E-state index in [1.165, 1.54) is 6.92 Å². The Kier molecular flexibility index (Phi) is 4.62. The maximum absolute atomic E-state index is 13.4. The van der Waals surface area contributed by atoms with Gasteiger partial charge in [-0.2, -0.15) is 13.2 Å². The topological polar surface area (TPSA) is 49.3 Å². The molecule has 106 valence electrons. The van der Waals surface area contributed by atoms with Gasteiger partial charge in [0.2, 0.25) is 0 Å². The summed E-state index contributed by atoms with van der Waals surface area (Å²) in [6.45, 7) is 1.31. The molecule has 0 saturated heterocycles. The summed E-state index contributed by atoms with van der Waals surface area (Å²) >= 11 is 5.53. The van der Waals surface area contributed by atoms with Crippen molar-refractivity contribution in [3.05, 3.63) is 28.5 Å². The number of hydrogen-bond acceptors (Lipinski definition) is 2. The van der Waals surface area contributed by atoms with E-state index in [0.717, 1.165) is 6.07 Å². The third-order valence-corrected chi connectivity index (χ3v) is 2.70. The number of carboxylic acids is 1. The van der Waals surface area contributed by atoms with Crippen molar-refractivity contribution >= 4 is 23.3 Å². The number of anilines is 1. The summed E-state index contributed by atoms with van der Waals surface area (Å²) in [6, 6.07) is -0.245. The van der Waals surface area contributed by atoms with E-state index in [9.17, 15) is 22.4 Å². The van der Waals surface area contributed by atoms with Gasteiger partial charge in [-0.15, -0.1) is 0 Å². The van der Waals surface area contributed by atoms with Gasteiger partial charge in [0, 0.05) is 5.69 Å². The predicted molar refractivity (Wildman–Crippen MR) is 62.1 cm³/mol. The number of halogens is 5. The van der Waals surface area contributed by atoms with Gasteiger partial charge in [-0.3, -0.25) is 0 Å². The van der Waals surface area contributed by atoms with Gasteiger partial charge in [0.15, 0.2) is 0 Å². The zero-order valence-corrected chi connectivity index (χ0v) is 10.4. The first-order valence-electron chi connectivity index (χ1n) is 5.22. The first-order valence-corrected chi connectivity index (χ1v) is 5.60. The molecular weight excluding hydrogens is 290 g/mol. The molecule has 1 atom stereocenters. The van der Waals surface area contributed by atoms with Crippen LogP contribution in [0.1, 0.15) is 23.7 Å². The Hall–Kier alpha value is -1.50. The minimum absolute atomic E-state index is 0.225. The first-order chi connectivity index (χ1) is 8.66. The number of nitrogens with one attached hydrogen (secondary N) is 1. The highest BCUT2D eigenvalue weighted by molar-refractivity contribution is 6.33. The second-order valence-corrected chi connectivity index (χ2v) is 4.17. The van der Waals surface area contributed by atoms with Crippen molar-refractivity contribution in [1.82, 2.24) is 0 Å². The number of carbonyl (C=O) groups is 1. The summed E-state index contributed by atoms with van der Waals surface area (Å²) in [6.07, 6.45) is -4.76. The molecule has 3 nitrogen and oxygen atoms in total. The standard InChI is InChI=1S/C11H10ClF4NO2/c1-2-8(11(14,15)16)17-5-3-6(12)9(10(18)19)7(13)4-5/h3-4,8,17H,2H2,1H3,(H,18,19). The number of aromatic carboxylic acids is 1. The van der Waals surface area contributed by atoms with E-state index in [1.807, 2.05) is 0 Å². The van der Waals surface area contributed by atoms with Crippen LogP contribution in [0.2, 0.25) is 5.02 Å². The van der Waals surface area contributed by atoms with E-state index in [-0.39, 0.29) is 12.1 Å². The zero-order chi connectivity index (χ0) is 14.8. The first kappa shape index (κ1) is 15.6. The second kappa shape index (κ2) is 5.64.